The number of pyridine rings is 1. The van der Waals surface area contributed by atoms with Gasteiger partial charge in [-0.3, -0.25) is 4.98 Å². The third-order valence-electron chi connectivity index (χ3n) is 3.26. The standard InChI is InChI=1S/C16H19NO2S/c1-3-4-7-12-11(2)17-14-9-6-5-8-13(14)16(12)20-10-15(18)19/h5-6,8-9H,3-4,7,10H2,1-2H3,(H,18,19)/p-1. The number of carboxylic acid groups (broad SMARTS) is 1. The van der Waals surface area contributed by atoms with E-state index in [1.165, 1.54) is 17.3 Å². The number of unbranched alkanes of at least 4 members (excludes halogenated alkanes) is 1. The van der Waals surface area contributed by atoms with Gasteiger partial charge in [-0.15, -0.1) is 11.8 Å². The van der Waals surface area contributed by atoms with E-state index in [4.69, 9.17) is 0 Å². The highest BCUT2D eigenvalue weighted by molar-refractivity contribution is 8.00. The molecule has 1 heterocycles. The van der Waals surface area contributed by atoms with Crippen molar-refractivity contribution in [2.24, 2.45) is 0 Å². The average molecular weight is 288 g/mol. The fourth-order valence-electron chi connectivity index (χ4n) is 2.28. The summed E-state index contributed by atoms with van der Waals surface area (Å²) in [5.41, 5.74) is 3.10. The first-order valence-electron chi connectivity index (χ1n) is 6.84. The molecule has 106 valence electrons. The summed E-state index contributed by atoms with van der Waals surface area (Å²) in [4.78, 5) is 16.5. The zero-order valence-corrected chi connectivity index (χ0v) is 12.6. The molecule has 4 heteroatoms. The van der Waals surface area contributed by atoms with Gasteiger partial charge in [0.05, 0.1) is 11.5 Å². The molecule has 0 spiro atoms. The minimum atomic E-state index is -1.03. The molecule has 2 aromatic rings. The molecule has 0 bridgehead atoms. The lowest BCUT2D eigenvalue weighted by atomic mass is 10.0. The van der Waals surface area contributed by atoms with E-state index in [-0.39, 0.29) is 5.75 Å². The van der Waals surface area contributed by atoms with E-state index in [1.807, 2.05) is 31.2 Å². The van der Waals surface area contributed by atoms with Crippen LogP contribution in [0.2, 0.25) is 0 Å². The van der Waals surface area contributed by atoms with Crippen molar-refractivity contribution in [3.63, 3.8) is 0 Å². The molecule has 0 amide bonds. The lowest BCUT2D eigenvalue weighted by Gasteiger charge is -2.15. The van der Waals surface area contributed by atoms with Crippen molar-refractivity contribution < 1.29 is 9.90 Å². The fourth-order valence-corrected chi connectivity index (χ4v) is 3.30. The van der Waals surface area contributed by atoms with Crippen LogP contribution in [0.4, 0.5) is 0 Å². The van der Waals surface area contributed by atoms with Gasteiger partial charge in [-0.05, 0) is 31.4 Å². The molecule has 2 rings (SSSR count). The Bertz CT molecular complexity index is 625. The number of para-hydroxylation sites is 1. The minimum absolute atomic E-state index is 0.0213. The summed E-state index contributed by atoms with van der Waals surface area (Å²) in [6.07, 6.45) is 3.13. The molecule has 0 aliphatic rings. The Kier molecular flexibility index (Phi) is 5.01. The number of fused-ring (bicyclic) bond motifs is 1. The van der Waals surface area contributed by atoms with Crippen molar-refractivity contribution in [2.45, 2.75) is 38.0 Å². The van der Waals surface area contributed by atoms with E-state index < -0.39 is 5.97 Å². The number of hydrogen-bond donors (Lipinski definition) is 0. The Morgan fingerprint density at radius 3 is 2.80 bits per heavy atom. The van der Waals surface area contributed by atoms with Crippen LogP contribution >= 0.6 is 11.8 Å². The Balaban J connectivity index is 2.52. The average Bonchev–Trinajstić information content (AvgIpc) is 2.43. The zero-order chi connectivity index (χ0) is 14.5. The number of thioether (sulfide) groups is 1. The Hall–Kier alpha value is -1.55. The SMILES string of the molecule is CCCCc1c(C)nc2ccccc2c1SCC(=O)[O-]. The highest BCUT2D eigenvalue weighted by atomic mass is 32.2. The number of aryl methyl sites for hydroxylation is 1. The van der Waals surface area contributed by atoms with E-state index in [2.05, 4.69) is 11.9 Å². The van der Waals surface area contributed by atoms with E-state index >= 15 is 0 Å². The van der Waals surface area contributed by atoms with Gasteiger partial charge in [0, 0.05) is 21.7 Å². The molecule has 0 aliphatic carbocycles. The first-order valence-corrected chi connectivity index (χ1v) is 7.83. The summed E-state index contributed by atoms with van der Waals surface area (Å²) in [6, 6.07) is 7.89. The van der Waals surface area contributed by atoms with Gasteiger partial charge in [0.2, 0.25) is 0 Å². The number of benzene rings is 1. The van der Waals surface area contributed by atoms with Crippen molar-refractivity contribution in [3.05, 3.63) is 35.5 Å². The van der Waals surface area contributed by atoms with Gasteiger partial charge in [-0.2, -0.15) is 0 Å². The van der Waals surface area contributed by atoms with Crippen molar-refractivity contribution in [1.82, 2.24) is 4.98 Å². The summed E-state index contributed by atoms with van der Waals surface area (Å²) in [5.74, 6) is -1.05. The van der Waals surface area contributed by atoms with Gasteiger partial charge >= 0.3 is 0 Å². The van der Waals surface area contributed by atoms with Gasteiger partial charge in [-0.25, -0.2) is 0 Å². The van der Waals surface area contributed by atoms with Gasteiger partial charge in [-0.1, -0.05) is 31.5 Å². The molecule has 0 atom stereocenters. The van der Waals surface area contributed by atoms with Gasteiger partial charge in [0.1, 0.15) is 0 Å². The summed E-state index contributed by atoms with van der Waals surface area (Å²) in [7, 11) is 0. The van der Waals surface area contributed by atoms with E-state index in [0.717, 1.165) is 40.8 Å². The third kappa shape index (κ3) is 3.31. The van der Waals surface area contributed by atoms with E-state index in [1.54, 1.807) is 0 Å². The monoisotopic (exact) mass is 288 g/mol. The number of aliphatic carboxylic acids is 1. The molecule has 0 saturated carbocycles. The molecule has 0 unspecified atom stereocenters. The molecular formula is C16H18NO2S-. The maximum absolute atomic E-state index is 10.8. The first kappa shape index (κ1) is 14.9. The molecular weight excluding hydrogens is 270 g/mol. The summed E-state index contributed by atoms with van der Waals surface area (Å²) in [5, 5.41) is 11.8. The van der Waals surface area contributed by atoms with Gasteiger partial charge < -0.3 is 9.90 Å². The summed E-state index contributed by atoms with van der Waals surface area (Å²) >= 11 is 1.35. The Labute approximate surface area is 123 Å². The molecule has 0 radical (unpaired) electrons. The zero-order valence-electron chi connectivity index (χ0n) is 11.8. The molecule has 0 aliphatic heterocycles. The highest BCUT2D eigenvalue weighted by Crippen LogP contribution is 2.33. The second-order valence-electron chi connectivity index (χ2n) is 4.79. The van der Waals surface area contributed by atoms with Crippen molar-refractivity contribution in [2.75, 3.05) is 5.75 Å². The first-order chi connectivity index (χ1) is 9.63. The van der Waals surface area contributed by atoms with Crippen LogP contribution < -0.4 is 5.11 Å². The van der Waals surface area contributed by atoms with Crippen molar-refractivity contribution in [1.29, 1.82) is 0 Å². The molecule has 0 saturated heterocycles. The maximum atomic E-state index is 10.8. The summed E-state index contributed by atoms with van der Waals surface area (Å²) in [6.45, 7) is 4.15. The third-order valence-corrected chi connectivity index (χ3v) is 4.40. The van der Waals surface area contributed by atoms with Crippen molar-refractivity contribution in [3.8, 4) is 0 Å². The normalized spacial score (nSPS) is 10.9. The largest absolute Gasteiger partial charge is 0.549 e. The number of hydrogen-bond acceptors (Lipinski definition) is 4. The quantitative estimate of drug-likeness (QED) is 0.767. The second-order valence-corrected chi connectivity index (χ2v) is 5.77. The summed E-state index contributed by atoms with van der Waals surface area (Å²) < 4.78 is 0. The number of carbonyl (C=O) groups excluding carboxylic acids is 1. The molecule has 20 heavy (non-hydrogen) atoms. The van der Waals surface area contributed by atoms with Gasteiger partial charge in [0.15, 0.2) is 0 Å². The topological polar surface area (TPSA) is 53.0 Å². The predicted octanol–water partition coefficient (Wildman–Crippen LogP) is 2.73. The van der Waals surface area contributed by atoms with Crippen LogP contribution in [0.5, 0.6) is 0 Å². The Morgan fingerprint density at radius 1 is 1.35 bits per heavy atom. The highest BCUT2D eigenvalue weighted by Gasteiger charge is 2.12. The van der Waals surface area contributed by atoms with Crippen LogP contribution in [0, 0.1) is 6.92 Å². The van der Waals surface area contributed by atoms with Gasteiger partial charge in [0.25, 0.3) is 0 Å². The van der Waals surface area contributed by atoms with Crippen LogP contribution in [0.1, 0.15) is 31.0 Å². The van der Waals surface area contributed by atoms with Crippen molar-refractivity contribution >= 4 is 28.6 Å². The maximum Gasteiger partial charge on any atom is 0.0716 e. The number of nitrogens with zero attached hydrogens (tertiary/aromatic N) is 1. The lowest BCUT2D eigenvalue weighted by molar-refractivity contribution is -0.301. The van der Waals surface area contributed by atoms with E-state index in [0.29, 0.717) is 0 Å². The number of carboxylic acids is 1. The number of aromatic nitrogens is 1. The van der Waals surface area contributed by atoms with Crippen LogP contribution in [0.3, 0.4) is 0 Å². The Morgan fingerprint density at radius 2 is 2.10 bits per heavy atom. The number of carbonyl (C=O) groups is 1. The van der Waals surface area contributed by atoms with Crippen LogP contribution in [0.15, 0.2) is 29.2 Å². The van der Waals surface area contributed by atoms with Crippen LogP contribution in [0.25, 0.3) is 10.9 Å². The lowest BCUT2D eigenvalue weighted by Crippen LogP contribution is -2.24. The van der Waals surface area contributed by atoms with Crippen LogP contribution in [-0.2, 0) is 11.2 Å². The van der Waals surface area contributed by atoms with E-state index in [9.17, 15) is 9.90 Å². The van der Waals surface area contributed by atoms with Crippen LogP contribution in [-0.4, -0.2) is 16.7 Å². The molecule has 1 aromatic carbocycles. The molecule has 0 fully saturated rings. The number of rotatable bonds is 6. The minimum Gasteiger partial charge on any atom is -0.549 e. The fraction of sp³-hybridized carbons (Fsp3) is 0.375. The molecule has 1 aromatic heterocycles. The molecule has 0 N–H and O–H groups in total. The second kappa shape index (κ2) is 6.75. The predicted molar refractivity (Wildman–Crippen MR) is 80.8 cm³/mol. The molecule has 3 nitrogen and oxygen atoms in total. The smallest absolute Gasteiger partial charge is 0.0716 e.